The van der Waals surface area contributed by atoms with Gasteiger partial charge in [-0.2, -0.15) is 4.31 Å². The number of hydrogen-bond donors (Lipinski definition) is 1. The summed E-state index contributed by atoms with van der Waals surface area (Å²) in [5, 5.41) is 0. The van der Waals surface area contributed by atoms with E-state index in [-0.39, 0.29) is 10.5 Å². The molecule has 0 aromatic heterocycles. The van der Waals surface area contributed by atoms with Crippen LogP contribution < -0.4 is 5.73 Å². The molecule has 0 unspecified atom stereocenters. The van der Waals surface area contributed by atoms with Gasteiger partial charge in [0.05, 0.1) is 4.90 Å². The molecule has 1 heterocycles. The Bertz CT molecular complexity index is 964. The van der Waals surface area contributed by atoms with Crippen molar-refractivity contribution in [2.24, 2.45) is 5.73 Å². The van der Waals surface area contributed by atoms with Crippen molar-refractivity contribution in [3.63, 3.8) is 0 Å². The molecule has 1 fully saturated rings. The number of aryl methyl sites for hydroxylation is 1. The van der Waals surface area contributed by atoms with Gasteiger partial charge in [0, 0.05) is 38.3 Å². The molecule has 2 aromatic rings. The molecule has 1 saturated heterocycles. The second-order valence-electron chi connectivity index (χ2n) is 6.86. The highest BCUT2D eigenvalue weighted by molar-refractivity contribution is 7.89. The Hall–Kier alpha value is -2.48. The van der Waals surface area contributed by atoms with E-state index in [1.807, 2.05) is 30.3 Å². The molecule has 0 saturated carbocycles. The van der Waals surface area contributed by atoms with E-state index in [9.17, 15) is 13.2 Å². The summed E-state index contributed by atoms with van der Waals surface area (Å²) >= 11 is 0. The molecule has 1 amide bonds. The number of primary amides is 1. The van der Waals surface area contributed by atoms with Crippen LogP contribution in [0, 0.1) is 6.92 Å². The SMILES string of the molecule is Cc1ccc(S(=O)(=O)N2CCN(C/C=C/c3ccccc3)CC2)cc1C(N)=O. The maximum absolute atomic E-state index is 12.9. The lowest BCUT2D eigenvalue weighted by molar-refractivity contribution is 0.0999. The second kappa shape index (κ2) is 8.68. The summed E-state index contributed by atoms with van der Waals surface area (Å²) in [6.07, 6.45) is 4.17. The van der Waals surface area contributed by atoms with Gasteiger partial charge >= 0.3 is 0 Å². The number of amides is 1. The minimum atomic E-state index is -3.64. The van der Waals surface area contributed by atoms with E-state index in [4.69, 9.17) is 5.73 Å². The van der Waals surface area contributed by atoms with Crippen molar-refractivity contribution in [2.45, 2.75) is 11.8 Å². The molecule has 0 bridgehead atoms. The van der Waals surface area contributed by atoms with E-state index in [1.165, 1.54) is 16.4 Å². The number of sulfonamides is 1. The van der Waals surface area contributed by atoms with E-state index in [0.717, 1.165) is 12.1 Å². The van der Waals surface area contributed by atoms with Crippen LogP contribution in [0.2, 0.25) is 0 Å². The molecule has 6 nitrogen and oxygen atoms in total. The molecular formula is C21H25N3O3S. The Labute approximate surface area is 166 Å². The minimum Gasteiger partial charge on any atom is -0.366 e. The van der Waals surface area contributed by atoms with Crippen molar-refractivity contribution >= 4 is 22.0 Å². The zero-order chi connectivity index (χ0) is 20.1. The van der Waals surface area contributed by atoms with Gasteiger partial charge in [0.15, 0.2) is 0 Å². The number of piperazine rings is 1. The Kier molecular flexibility index (Phi) is 6.28. The summed E-state index contributed by atoms with van der Waals surface area (Å²) in [4.78, 5) is 13.9. The Balaban J connectivity index is 1.61. The van der Waals surface area contributed by atoms with E-state index < -0.39 is 15.9 Å². The molecule has 2 N–H and O–H groups in total. The van der Waals surface area contributed by atoms with Crippen LogP contribution in [-0.4, -0.2) is 56.3 Å². The number of carbonyl (C=O) groups is 1. The third kappa shape index (κ3) is 4.67. The molecule has 3 rings (SSSR count). The van der Waals surface area contributed by atoms with Gasteiger partial charge < -0.3 is 5.73 Å². The second-order valence-corrected chi connectivity index (χ2v) is 8.80. The molecule has 28 heavy (non-hydrogen) atoms. The third-order valence-corrected chi connectivity index (χ3v) is 6.81. The summed E-state index contributed by atoms with van der Waals surface area (Å²) in [7, 11) is -3.64. The molecule has 0 spiro atoms. The van der Waals surface area contributed by atoms with E-state index in [0.29, 0.717) is 31.7 Å². The Morgan fingerprint density at radius 3 is 2.39 bits per heavy atom. The standard InChI is InChI=1S/C21H25N3O3S/c1-17-9-10-19(16-20(17)21(22)25)28(26,27)24-14-12-23(13-15-24)11-5-8-18-6-3-2-4-7-18/h2-10,16H,11-15H2,1H3,(H2,22,25)/b8-5+. The summed E-state index contributed by atoms with van der Waals surface area (Å²) in [5.41, 5.74) is 7.41. The predicted molar refractivity (Wildman–Crippen MR) is 110 cm³/mol. The lowest BCUT2D eigenvalue weighted by Crippen LogP contribution is -2.48. The van der Waals surface area contributed by atoms with Gasteiger partial charge in [-0.25, -0.2) is 8.42 Å². The van der Waals surface area contributed by atoms with Crippen LogP contribution in [0.15, 0.2) is 59.5 Å². The fraction of sp³-hybridized carbons (Fsp3) is 0.286. The number of hydrogen-bond acceptors (Lipinski definition) is 4. The van der Waals surface area contributed by atoms with Gasteiger partial charge in [0.2, 0.25) is 15.9 Å². The molecular weight excluding hydrogens is 374 g/mol. The van der Waals surface area contributed by atoms with Crippen LogP contribution in [0.5, 0.6) is 0 Å². The lowest BCUT2D eigenvalue weighted by Gasteiger charge is -2.33. The average molecular weight is 400 g/mol. The highest BCUT2D eigenvalue weighted by Gasteiger charge is 2.28. The molecule has 0 atom stereocenters. The molecule has 0 radical (unpaired) electrons. The van der Waals surface area contributed by atoms with Crippen LogP contribution >= 0.6 is 0 Å². The Morgan fingerprint density at radius 1 is 1.07 bits per heavy atom. The topological polar surface area (TPSA) is 83.7 Å². The zero-order valence-corrected chi connectivity index (χ0v) is 16.7. The lowest BCUT2D eigenvalue weighted by atomic mass is 10.1. The molecule has 1 aliphatic heterocycles. The summed E-state index contributed by atoms with van der Waals surface area (Å²) in [6, 6.07) is 14.6. The first-order valence-electron chi connectivity index (χ1n) is 9.22. The maximum Gasteiger partial charge on any atom is 0.249 e. The number of nitrogens with zero attached hydrogens (tertiary/aromatic N) is 2. The van der Waals surface area contributed by atoms with Crippen LogP contribution in [0.25, 0.3) is 6.08 Å². The quantitative estimate of drug-likeness (QED) is 0.806. The largest absolute Gasteiger partial charge is 0.366 e. The minimum absolute atomic E-state index is 0.115. The van der Waals surface area contributed by atoms with Gasteiger partial charge in [0.1, 0.15) is 0 Å². The Morgan fingerprint density at radius 2 is 1.75 bits per heavy atom. The molecule has 1 aliphatic rings. The summed E-state index contributed by atoms with van der Waals surface area (Å²) < 4.78 is 27.3. The van der Waals surface area contributed by atoms with Crippen molar-refractivity contribution in [1.82, 2.24) is 9.21 Å². The van der Waals surface area contributed by atoms with Crippen molar-refractivity contribution in [1.29, 1.82) is 0 Å². The van der Waals surface area contributed by atoms with Gasteiger partial charge in [-0.15, -0.1) is 0 Å². The van der Waals surface area contributed by atoms with Gasteiger partial charge in [0.25, 0.3) is 0 Å². The number of carbonyl (C=O) groups excluding carboxylic acids is 1. The third-order valence-electron chi connectivity index (χ3n) is 4.92. The number of nitrogens with two attached hydrogens (primary N) is 1. The fourth-order valence-corrected chi connectivity index (χ4v) is 4.68. The zero-order valence-electron chi connectivity index (χ0n) is 15.9. The van der Waals surface area contributed by atoms with Crippen LogP contribution in [0.1, 0.15) is 21.5 Å². The predicted octanol–water partition coefficient (Wildman–Crippen LogP) is 2.11. The first-order valence-corrected chi connectivity index (χ1v) is 10.7. The van der Waals surface area contributed by atoms with Gasteiger partial charge in [-0.1, -0.05) is 48.6 Å². The normalized spacial score (nSPS) is 16.5. The number of benzene rings is 2. The van der Waals surface area contributed by atoms with E-state index in [1.54, 1.807) is 13.0 Å². The fourth-order valence-electron chi connectivity index (χ4n) is 3.23. The van der Waals surface area contributed by atoms with Crippen molar-refractivity contribution in [3.8, 4) is 0 Å². The smallest absolute Gasteiger partial charge is 0.249 e. The van der Waals surface area contributed by atoms with E-state index in [2.05, 4.69) is 17.1 Å². The molecule has 2 aromatic carbocycles. The first-order chi connectivity index (χ1) is 13.4. The monoisotopic (exact) mass is 399 g/mol. The molecule has 7 heteroatoms. The van der Waals surface area contributed by atoms with Crippen LogP contribution in [0.4, 0.5) is 0 Å². The summed E-state index contributed by atoms with van der Waals surface area (Å²) in [5.74, 6) is -0.621. The van der Waals surface area contributed by atoms with Crippen molar-refractivity contribution < 1.29 is 13.2 Å². The first kappa shape index (κ1) is 20.3. The average Bonchev–Trinajstić information content (AvgIpc) is 2.69. The molecule has 0 aliphatic carbocycles. The molecule has 148 valence electrons. The van der Waals surface area contributed by atoms with E-state index >= 15 is 0 Å². The summed E-state index contributed by atoms with van der Waals surface area (Å²) in [6.45, 7) is 4.67. The highest BCUT2D eigenvalue weighted by Crippen LogP contribution is 2.21. The van der Waals surface area contributed by atoms with Crippen molar-refractivity contribution in [3.05, 3.63) is 71.3 Å². The van der Waals surface area contributed by atoms with Crippen LogP contribution in [0.3, 0.4) is 0 Å². The van der Waals surface area contributed by atoms with Gasteiger partial charge in [-0.3, -0.25) is 9.69 Å². The van der Waals surface area contributed by atoms with Crippen LogP contribution in [-0.2, 0) is 10.0 Å². The van der Waals surface area contributed by atoms with Crippen molar-refractivity contribution in [2.75, 3.05) is 32.7 Å². The maximum atomic E-state index is 12.9. The van der Waals surface area contributed by atoms with Gasteiger partial charge in [-0.05, 0) is 30.2 Å². The highest BCUT2D eigenvalue weighted by atomic mass is 32.2. The number of rotatable bonds is 6.